The summed E-state index contributed by atoms with van der Waals surface area (Å²) in [6.07, 6.45) is 4.33. The van der Waals surface area contributed by atoms with E-state index in [1.807, 2.05) is 11.8 Å². The number of rotatable bonds is 5. The van der Waals surface area contributed by atoms with Crippen molar-refractivity contribution >= 4 is 34.5 Å². The Morgan fingerprint density at radius 2 is 1.86 bits per heavy atom. The SMILES string of the molecule is COC(=O)Cn1c(SC(C)C(=O)N2CCCCCC2)nc2ccccc2c1=O. The zero-order valence-corrected chi connectivity index (χ0v) is 17.0. The van der Waals surface area contributed by atoms with Gasteiger partial charge in [-0.25, -0.2) is 4.98 Å². The van der Waals surface area contributed by atoms with Gasteiger partial charge in [-0.3, -0.25) is 19.0 Å². The lowest BCUT2D eigenvalue weighted by Crippen LogP contribution is -2.37. The lowest BCUT2D eigenvalue weighted by Gasteiger charge is -2.24. The summed E-state index contributed by atoms with van der Waals surface area (Å²) in [4.78, 5) is 44.1. The molecule has 1 aliphatic rings. The molecule has 0 saturated carbocycles. The second kappa shape index (κ2) is 9.23. The number of likely N-dealkylation sites (tertiary alicyclic amines) is 1. The van der Waals surface area contributed by atoms with Crippen molar-refractivity contribution in [2.24, 2.45) is 0 Å². The lowest BCUT2D eigenvalue weighted by molar-refractivity contribution is -0.141. The third-order valence-electron chi connectivity index (χ3n) is 4.89. The molecule has 1 atom stereocenters. The summed E-state index contributed by atoms with van der Waals surface area (Å²) < 4.78 is 6.02. The molecule has 8 heteroatoms. The normalized spacial score (nSPS) is 15.9. The molecule has 150 valence electrons. The van der Waals surface area contributed by atoms with Crippen molar-refractivity contribution in [1.82, 2.24) is 14.5 Å². The first-order valence-corrected chi connectivity index (χ1v) is 10.4. The van der Waals surface area contributed by atoms with Crippen molar-refractivity contribution in [3.8, 4) is 0 Å². The summed E-state index contributed by atoms with van der Waals surface area (Å²) in [5, 5.41) is 0.377. The number of carbonyl (C=O) groups is 2. The van der Waals surface area contributed by atoms with Gasteiger partial charge >= 0.3 is 5.97 Å². The third-order valence-corrected chi connectivity index (χ3v) is 5.97. The quantitative estimate of drug-likeness (QED) is 0.433. The molecule has 2 heterocycles. The number of amides is 1. The van der Waals surface area contributed by atoms with Crippen LogP contribution in [0.2, 0.25) is 0 Å². The van der Waals surface area contributed by atoms with Gasteiger partial charge in [0.2, 0.25) is 5.91 Å². The first-order valence-electron chi connectivity index (χ1n) is 9.53. The molecule has 1 aliphatic heterocycles. The van der Waals surface area contributed by atoms with E-state index in [0.29, 0.717) is 16.1 Å². The van der Waals surface area contributed by atoms with Crippen LogP contribution >= 0.6 is 11.8 Å². The van der Waals surface area contributed by atoms with Gasteiger partial charge < -0.3 is 9.64 Å². The van der Waals surface area contributed by atoms with Crippen molar-refractivity contribution in [3.63, 3.8) is 0 Å². The van der Waals surface area contributed by atoms with Crippen molar-refractivity contribution in [1.29, 1.82) is 0 Å². The van der Waals surface area contributed by atoms with Gasteiger partial charge in [0.15, 0.2) is 5.16 Å². The number of nitrogens with zero attached hydrogens (tertiary/aromatic N) is 3. The van der Waals surface area contributed by atoms with Gasteiger partial charge in [0, 0.05) is 13.1 Å². The summed E-state index contributed by atoms with van der Waals surface area (Å²) >= 11 is 1.21. The lowest BCUT2D eigenvalue weighted by atomic mass is 10.2. The number of esters is 1. The maximum absolute atomic E-state index is 12.9. The van der Waals surface area contributed by atoms with Gasteiger partial charge in [-0.05, 0) is 31.9 Å². The summed E-state index contributed by atoms with van der Waals surface area (Å²) in [5.74, 6) is -0.494. The zero-order valence-electron chi connectivity index (χ0n) is 16.2. The van der Waals surface area contributed by atoms with Crippen LogP contribution in [0, 0.1) is 0 Å². The Bertz CT molecular complexity index is 919. The summed E-state index contributed by atoms with van der Waals surface area (Å²) in [6.45, 7) is 3.12. The molecule has 3 rings (SSSR count). The molecule has 7 nitrogen and oxygen atoms in total. The summed E-state index contributed by atoms with van der Waals surface area (Å²) in [6, 6.07) is 7.00. The number of methoxy groups -OCH3 is 1. The Kier molecular flexibility index (Phi) is 6.72. The van der Waals surface area contributed by atoms with Crippen LogP contribution < -0.4 is 5.56 Å². The van der Waals surface area contributed by atoms with Crippen LogP contribution in [0.4, 0.5) is 0 Å². The van der Waals surface area contributed by atoms with Crippen molar-refractivity contribution in [3.05, 3.63) is 34.6 Å². The molecular formula is C20H25N3O4S. The third kappa shape index (κ3) is 4.55. The van der Waals surface area contributed by atoms with E-state index < -0.39 is 11.2 Å². The molecule has 1 aromatic heterocycles. The molecule has 0 radical (unpaired) electrons. The number of fused-ring (bicyclic) bond motifs is 1. The highest BCUT2D eigenvalue weighted by Gasteiger charge is 2.25. The van der Waals surface area contributed by atoms with Crippen LogP contribution in [-0.2, 0) is 20.9 Å². The Hall–Kier alpha value is -2.35. The molecule has 28 heavy (non-hydrogen) atoms. The summed E-state index contributed by atoms with van der Waals surface area (Å²) in [7, 11) is 1.28. The maximum atomic E-state index is 12.9. The van der Waals surface area contributed by atoms with Crippen molar-refractivity contribution < 1.29 is 14.3 Å². The number of hydrogen-bond donors (Lipinski definition) is 0. The van der Waals surface area contributed by atoms with E-state index in [0.717, 1.165) is 38.8 Å². The zero-order chi connectivity index (χ0) is 20.1. The minimum absolute atomic E-state index is 0.0407. The maximum Gasteiger partial charge on any atom is 0.325 e. The van der Waals surface area contributed by atoms with Crippen LogP contribution in [0.3, 0.4) is 0 Å². The van der Waals surface area contributed by atoms with Crippen LogP contribution in [0.5, 0.6) is 0 Å². The van der Waals surface area contributed by atoms with Gasteiger partial charge in [-0.2, -0.15) is 0 Å². The van der Waals surface area contributed by atoms with Crippen molar-refractivity contribution in [2.45, 2.75) is 49.6 Å². The Labute approximate surface area is 168 Å². The molecule has 0 bridgehead atoms. The van der Waals surface area contributed by atoms with E-state index in [-0.39, 0.29) is 18.0 Å². The predicted molar refractivity (Wildman–Crippen MR) is 108 cm³/mol. The number of para-hydroxylation sites is 1. The molecular weight excluding hydrogens is 378 g/mol. The van der Waals surface area contributed by atoms with Gasteiger partial charge in [0.1, 0.15) is 6.54 Å². The van der Waals surface area contributed by atoms with E-state index in [9.17, 15) is 14.4 Å². The largest absolute Gasteiger partial charge is 0.468 e. The van der Waals surface area contributed by atoms with Crippen LogP contribution in [0.15, 0.2) is 34.2 Å². The first-order chi connectivity index (χ1) is 13.5. The number of benzene rings is 1. The van der Waals surface area contributed by atoms with E-state index in [1.165, 1.54) is 23.4 Å². The number of hydrogen-bond acceptors (Lipinski definition) is 6. The van der Waals surface area contributed by atoms with Gasteiger partial charge in [0.05, 0.1) is 23.3 Å². The van der Waals surface area contributed by atoms with Gasteiger partial charge in [-0.15, -0.1) is 0 Å². The smallest absolute Gasteiger partial charge is 0.325 e. The van der Waals surface area contributed by atoms with E-state index in [4.69, 9.17) is 4.74 Å². The number of carbonyl (C=O) groups excluding carboxylic acids is 2. The van der Waals surface area contributed by atoms with Crippen molar-refractivity contribution in [2.75, 3.05) is 20.2 Å². The highest BCUT2D eigenvalue weighted by atomic mass is 32.2. The monoisotopic (exact) mass is 403 g/mol. The van der Waals surface area contributed by atoms with Gasteiger partial charge in [-0.1, -0.05) is 36.7 Å². The first kappa shape index (κ1) is 20.4. The number of thioether (sulfide) groups is 1. The molecule has 0 spiro atoms. The average molecular weight is 404 g/mol. The molecule has 1 unspecified atom stereocenters. The van der Waals surface area contributed by atoms with Crippen LogP contribution in [0.1, 0.15) is 32.6 Å². The fraction of sp³-hybridized carbons (Fsp3) is 0.500. The van der Waals surface area contributed by atoms with Gasteiger partial charge in [0.25, 0.3) is 5.56 Å². The Morgan fingerprint density at radius 1 is 1.18 bits per heavy atom. The Balaban J connectivity index is 1.91. The minimum atomic E-state index is -0.535. The highest BCUT2D eigenvalue weighted by Crippen LogP contribution is 2.25. The fourth-order valence-corrected chi connectivity index (χ4v) is 4.32. The second-order valence-electron chi connectivity index (χ2n) is 6.88. The average Bonchev–Trinajstić information content (AvgIpc) is 2.99. The predicted octanol–water partition coefficient (Wildman–Crippen LogP) is 2.45. The molecule has 1 amide bonds. The van der Waals surface area contributed by atoms with Crippen LogP contribution in [0.25, 0.3) is 10.9 Å². The molecule has 1 aromatic carbocycles. The standard InChI is InChI=1S/C20H25N3O4S/c1-14(18(25)22-11-7-3-4-8-12-22)28-20-21-16-10-6-5-9-15(16)19(26)23(20)13-17(24)27-2/h5-6,9-10,14H,3-4,7-8,11-13H2,1-2H3. The van der Waals surface area contributed by atoms with E-state index >= 15 is 0 Å². The number of aromatic nitrogens is 2. The number of ether oxygens (including phenoxy) is 1. The van der Waals surface area contributed by atoms with Crippen LogP contribution in [-0.4, -0.2) is 51.8 Å². The molecule has 0 aliphatic carbocycles. The molecule has 2 aromatic rings. The topological polar surface area (TPSA) is 81.5 Å². The van der Waals surface area contributed by atoms with E-state index in [2.05, 4.69) is 4.98 Å². The minimum Gasteiger partial charge on any atom is -0.468 e. The molecule has 1 fully saturated rings. The van der Waals surface area contributed by atoms with E-state index in [1.54, 1.807) is 24.3 Å². The second-order valence-corrected chi connectivity index (χ2v) is 8.19. The summed E-state index contributed by atoms with van der Waals surface area (Å²) in [5.41, 5.74) is 0.235. The molecule has 1 saturated heterocycles. The molecule has 0 N–H and O–H groups in total. The fourth-order valence-electron chi connectivity index (χ4n) is 3.33. The highest BCUT2D eigenvalue weighted by molar-refractivity contribution is 8.00. The Morgan fingerprint density at radius 3 is 2.54 bits per heavy atom.